The van der Waals surface area contributed by atoms with Gasteiger partial charge in [0.05, 0.1) is 0 Å². The maximum absolute atomic E-state index is 11.0. The minimum absolute atomic E-state index is 0.131. The largest absolute Gasteiger partial charge is 0.490 e. The predicted molar refractivity (Wildman–Crippen MR) is 76.9 cm³/mol. The monoisotopic (exact) mass is 284 g/mol. The van der Waals surface area contributed by atoms with E-state index in [4.69, 9.17) is 21.1 Å². The van der Waals surface area contributed by atoms with Gasteiger partial charge in [-0.25, -0.2) is 0 Å². The summed E-state index contributed by atoms with van der Waals surface area (Å²) in [4.78, 5) is 11.0. The van der Waals surface area contributed by atoms with Crippen molar-refractivity contribution in [3.05, 3.63) is 29.8 Å². The Kier molecular flexibility index (Phi) is 6.71. The van der Waals surface area contributed by atoms with Crippen LogP contribution in [0.3, 0.4) is 0 Å². The average molecular weight is 285 g/mol. The maximum atomic E-state index is 11.0. The Hall–Kier alpha value is -1.22. The number of rotatable bonds is 7. The molecule has 1 rings (SSSR count). The number of carbonyl (C=O) groups excluding carboxylic acids is 1. The molecule has 0 heterocycles. The average Bonchev–Trinajstić information content (AvgIpc) is 2.44. The van der Waals surface area contributed by atoms with Gasteiger partial charge in [0.1, 0.15) is 24.3 Å². The van der Waals surface area contributed by atoms with Crippen LogP contribution in [0.15, 0.2) is 24.3 Å². The zero-order valence-corrected chi connectivity index (χ0v) is 12.4. The molecule has 0 aromatic heterocycles. The lowest BCUT2D eigenvalue weighted by Crippen LogP contribution is -2.22. The first kappa shape index (κ1) is 15.8. The number of hydrogen-bond acceptors (Lipinski definition) is 3. The molecule has 0 aliphatic heterocycles. The summed E-state index contributed by atoms with van der Waals surface area (Å²) in [6, 6.07) is 8.02. The zero-order chi connectivity index (χ0) is 14.3. The molecule has 0 saturated heterocycles. The van der Waals surface area contributed by atoms with Crippen molar-refractivity contribution < 1.29 is 14.3 Å². The van der Waals surface area contributed by atoms with Gasteiger partial charge in [-0.3, -0.25) is 4.79 Å². The summed E-state index contributed by atoms with van der Waals surface area (Å²) < 4.78 is 10.6. The van der Waals surface area contributed by atoms with Crippen molar-refractivity contribution in [1.82, 2.24) is 0 Å². The van der Waals surface area contributed by atoms with E-state index in [1.54, 1.807) is 6.92 Å². The molecule has 19 heavy (non-hydrogen) atoms. The van der Waals surface area contributed by atoms with Crippen molar-refractivity contribution in [2.45, 2.75) is 39.2 Å². The molecule has 0 aliphatic rings. The van der Waals surface area contributed by atoms with Crippen molar-refractivity contribution in [3.63, 3.8) is 0 Å². The highest BCUT2D eigenvalue weighted by Gasteiger charge is 2.09. The Morgan fingerprint density at radius 2 is 1.89 bits per heavy atom. The van der Waals surface area contributed by atoms with Crippen molar-refractivity contribution >= 4 is 17.6 Å². The fraction of sp³-hybridized carbons (Fsp3) is 0.533. The van der Waals surface area contributed by atoms with Crippen molar-refractivity contribution in [2.24, 2.45) is 0 Å². The minimum atomic E-state index is -0.426. The van der Waals surface area contributed by atoms with E-state index in [1.807, 2.05) is 12.1 Å². The van der Waals surface area contributed by atoms with E-state index >= 15 is 0 Å². The summed E-state index contributed by atoms with van der Waals surface area (Å²) in [6.45, 7) is 6.47. The van der Waals surface area contributed by atoms with Gasteiger partial charge in [0.15, 0.2) is 0 Å². The number of ether oxygens (including phenoxy) is 2. The Morgan fingerprint density at radius 1 is 1.26 bits per heavy atom. The highest BCUT2D eigenvalue weighted by molar-refractivity contribution is 6.26. The van der Waals surface area contributed by atoms with Gasteiger partial charge in [0, 0.05) is 0 Å². The van der Waals surface area contributed by atoms with Gasteiger partial charge >= 0.3 is 5.97 Å². The predicted octanol–water partition coefficient (Wildman–Crippen LogP) is 3.75. The van der Waals surface area contributed by atoms with Crippen LogP contribution in [0.2, 0.25) is 0 Å². The molecule has 1 aromatic rings. The molecule has 4 heteroatoms. The van der Waals surface area contributed by atoms with E-state index in [1.165, 1.54) is 5.56 Å². The molecule has 2 atom stereocenters. The molecule has 1 aromatic carbocycles. The molecule has 0 saturated carbocycles. The Balaban J connectivity index is 2.43. The molecule has 0 amide bonds. The molecule has 0 aliphatic carbocycles. The molecule has 0 unspecified atom stereocenters. The van der Waals surface area contributed by atoms with Crippen LogP contribution in [0.1, 0.15) is 38.7 Å². The topological polar surface area (TPSA) is 35.5 Å². The van der Waals surface area contributed by atoms with E-state index in [0.717, 1.165) is 12.2 Å². The van der Waals surface area contributed by atoms with Crippen LogP contribution in [0.25, 0.3) is 0 Å². The third-order valence-corrected chi connectivity index (χ3v) is 3.21. The number of halogens is 1. The van der Waals surface area contributed by atoms with Crippen LogP contribution < -0.4 is 4.74 Å². The third-order valence-electron chi connectivity index (χ3n) is 2.99. The minimum Gasteiger partial charge on any atom is -0.490 e. The summed E-state index contributed by atoms with van der Waals surface area (Å²) in [7, 11) is 0. The molecule has 0 radical (unpaired) electrons. The lowest BCUT2D eigenvalue weighted by molar-refractivity contribution is -0.146. The van der Waals surface area contributed by atoms with E-state index in [0.29, 0.717) is 12.5 Å². The van der Waals surface area contributed by atoms with E-state index in [-0.39, 0.29) is 12.0 Å². The van der Waals surface area contributed by atoms with Crippen LogP contribution in [-0.4, -0.2) is 24.6 Å². The molecular weight excluding hydrogens is 264 g/mol. The van der Waals surface area contributed by atoms with Crippen molar-refractivity contribution in [2.75, 3.05) is 12.5 Å². The number of benzene rings is 1. The Bertz CT molecular complexity index is 389. The Labute approximate surface area is 119 Å². The molecule has 0 fully saturated rings. The van der Waals surface area contributed by atoms with Crippen LogP contribution in [0.5, 0.6) is 5.75 Å². The van der Waals surface area contributed by atoms with Crippen LogP contribution in [0, 0.1) is 0 Å². The fourth-order valence-corrected chi connectivity index (χ4v) is 1.69. The van der Waals surface area contributed by atoms with Gasteiger partial charge < -0.3 is 9.47 Å². The second kappa shape index (κ2) is 8.05. The highest BCUT2D eigenvalue weighted by atomic mass is 35.5. The smallest absolute Gasteiger partial charge is 0.321 e. The molecule has 0 bridgehead atoms. The van der Waals surface area contributed by atoms with E-state index in [2.05, 4.69) is 26.0 Å². The first-order chi connectivity index (χ1) is 9.06. The first-order valence-corrected chi connectivity index (χ1v) is 7.08. The van der Waals surface area contributed by atoms with E-state index < -0.39 is 5.97 Å². The molecule has 106 valence electrons. The molecule has 3 nitrogen and oxygen atoms in total. The normalized spacial score (nSPS) is 13.7. The van der Waals surface area contributed by atoms with Crippen LogP contribution >= 0.6 is 11.6 Å². The van der Waals surface area contributed by atoms with Crippen LogP contribution in [0.4, 0.5) is 0 Å². The molecule has 0 N–H and O–H groups in total. The van der Waals surface area contributed by atoms with Gasteiger partial charge in [0.2, 0.25) is 0 Å². The summed E-state index contributed by atoms with van der Waals surface area (Å²) >= 11 is 5.36. The third kappa shape index (κ3) is 5.52. The summed E-state index contributed by atoms with van der Waals surface area (Å²) in [5, 5.41) is 0. The zero-order valence-electron chi connectivity index (χ0n) is 11.7. The number of carbonyl (C=O) groups is 1. The number of alkyl halides is 1. The Morgan fingerprint density at radius 3 is 2.42 bits per heavy atom. The van der Waals surface area contributed by atoms with Crippen molar-refractivity contribution in [3.8, 4) is 5.75 Å². The van der Waals surface area contributed by atoms with Gasteiger partial charge in [-0.15, -0.1) is 11.6 Å². The van der Waals surface area contributed by atoms with Gasteiger partial charge in [-0.2, -0.15) is 0 Å². The van der Waals surface area contributed by atoms with Crippen molar-refractivity contribution in [1.29, 1.82) is 0 Å². The lowest BCUT2D eigenvalue weighted by Gasteiger charge is -2.14. The summed E-state index contributed by atoms with van der Waals surface area (Å²) in [5.41, 5.74) is 1.30. The second-order valence-corrected chi connectivity index (χ2v) is 4.89. The quantitative estimate of drug-likeness (QED) is 0.565. The number of esters is 1. The van der Waals surface area contributed by atoms with Gasteiger partial charge in [0.25, 0.3) is 0 Å². The highest BCUT2D eigenvalue weighted by Crippen LogP contribution is 2.21. The molecular formula is C15H21ClO3. The number of hydrogen-bond donors (Lipinski definition) is 0. The van der Waals surface area contributed by atoms with Gasteiger partial charge in [-0.05, 0) is 37.0 Å². The lowest BCUT2D eigenvalue weighted by atomic mass is 9.99. The SMILES string of the molecule is CC[C@@H](C)c1ccc(OC[C@@H](C)OC(=O)CCl)cc1. The summed E-state index contributed by atoms with van der Waals surface area (Å²) in [5.74, 6) is 0.775. The van der Waals surface area contributed by atoms with Gasteiger partial charge in [-0.1, -0.05) is 26.0 Å². The maximum Gasteiger partial charge on any atom is 0.321 e. The van der Waals surface area contributed by atoms with E-state index in [9.17, 15) is 4.79 Å². The fourth-order valence-electron chi connectivity index (χ4n) is 1.63. The molecule has 0 spiro atoms. The summed E-state index contributed by atoms with van der Waals surface area (Å²) in [6.07, 6.45) is 0.812. The first-order valence-electron chi connectivity index (χ1n) is 6.55. The second-order valence-electron chi connectivity index (χ2n) is 4.62. The van der Waals surface area contributed by atoms with Crippen LogP contribution in [-0.2, 0) is 9.53 Å². The standard InChI is InChI=1S/C15H21ClO3/c1-4-11(2)13-5-7-14(8-6-13)18-10-12(3)19-15(17)9-16/h5-8,11-12H,4,9-10H2,1-3H3/t11-,12-/m1/s1.